The van der Waals surface area contributed by atoms with E-state index in [1.165, 1.54) is 4.88 Å². The first-order chi connectivity index (χ1) is 7.86. The molecule has 0 saturated carbocycles. The number of thiophene rings is 1. The molecule has 0 saturated heterocycles. The van der Waals surface area contributed by atoms with E-state index in [4.69, 9.17) is 10.2 Å². The number of hydrogen-bond donors (Lipinski definition) is 1. The molecule has 2 N–H and O–H groups in total. The summed E-state index contributed by atoms with van der Waals surface area (Å²) in [4.78, 5) is 2.31. The minimum Gasteiger partial charge on any atom is -0.455 e. The second-order valence-electron chi connectivity index (χ2n) is 3.62. The Kier molecular flexibility index (Phi) is 2.27. The zero-order valence-corrected chi connectivity index (χ0v) is 9.46. The number of hydrogen-bond acceptors (Lipinski definition) is 3. The van der Waals surface area contributed by atoms with Gasteiger partial charge >= 0.3 is 0 Å². The van der Waals surface area contributed by atoms with E-state index in [-0.39, 0.29) is 0 Å². The van der Waals surface area contributed by atoms with Gasteiger partial charge in [-0.2, -0.15) is 0 Å². The second-order valence-corrected chi connectivity index (χ2v) is 4.79. The molecule has 0 unspecified atom stereocenters. The highest BCUT2D eigenvalue weighted by molar-refractivity contribution is 7.15. The Morgan fingerprint density at radius 3 is 2.75 bits per heavy atom. The van der Waals surface area contributed by atoms with Crippen LogP contribution in [0.15, 0.2) is 46.9 Å². The summed E-state index contributed by atoms with van der Waals surface area (Å²) in [6, 6.07) is 14.2. The quantitative estimate of drug-likeness (QED) is 0.729. The van der Waals surface area contributed by atoms with Gasteiger partial charge in [-0.3, -0.25) is 0 Å². The van der Waals surface area contributed by atoms with Gasteiger partial charge in [0.1, 0.15) is 11.3 Å². The molecule has 0 atom stereocenters. The molecule has 0 fully saturated rings. The molecule has 80 valence electrons. The lowest BCUT2D eigenvalue weighted by Crippen LogP contribution is -1.90. The minimum atomic E-state index is 0.588. The zero-order valence-electron chi connectivity index (χ0n) is 8.64. The van der Waals surface area contributed by atoms with E-state index in [1.54, 1.807) is 11.3 Å². The normalized spacial score (nSPS) is 11.1. The minimum absolute atomic E-state index is 0.588. The SMILES string of the molecule is NCc1ccc(-c2cc3ccccc3o2)s1. The molecular formula is C13H11NOS. The fourth-order valence-corrected chi connectivity index (χ4v) is 2.56. The van der Waals surface area contributed by atoms with Crippen LogP contribution in [0, 0.1) is 0 Å². The maximum absolute atomic E-state index is 5.78. The second kappa shape index (κ2) is 3.77. The van der Waals surface area contributed by atoms with Crippen molar-refractivity contribution in [3.05, 3.63) is 47.3 Å². The van der Waals surface area contributed by atoms with Crippen molar-refractivity contribution in [2.75, 3.05) is 0 Å². The van der Waals surface area contributed by atoms with Crippen molar-refractivity contribution in [3.63, 3.8) is 0 Å². The summed E-state index contributed by atoms with van der Waals surface area (Å²) in [5.74, 6) is 0.922. The number of fused-ring (bicyclic) bond motifs is 1. The predicted molar refractivity (Wildman–Crippen MR) is 67.4 cm³/mol. The van der Waals surface area contributed by atoms with E-state index >= 15 is 0 Å². The third-order valence-corrected chi connectivity index (χ3v) is 3.65. The van der Waals surface area contributed by atoms with Crippen molar-refractivity contribution in [3.8, 4) is 10.6 Å². The van der Waals surface area contributed by atoms with Crippen LogP contribution in [0.1, 0.15) is 4.88 Å². The molecule has 0 aliphatic heterocycles. The molecule has 0 radical (unpaired) electrons. The third-order valence-electron chi connectivity index (χ3n) is 2.53. The Balaban J connectivity index is 2.11. The van der Waals surface area contributed by atoms with Crippen LogP contribution in [-0.4, -0.2) is 0 Å². The Hall–Kier alpha value is -1.58. The maximum atomic E-state index is 5.78. The van der Waals surface area contributed by atoms with E-state index < -0.39 is 0 Å². The van der Waals surface area contributed by atoms with Gasteiger partial charge in [-0.05, 0) is 24.3 Å². The average molecular weight is 229 g/mol. The molecule has 0 aliphatic rings. The topological polar surface area (TPSA) is 39.2 Å². The number of rotatable bonds is 2. The Morgan fingerprint density at radius 2 is 2.00 bits per heavy atom. The summed E-state index contributed by atoms with van der Waals surface area (Å²) >= 11 is 1.68. The summed E-state index contributed by atoms with van der Waals surface area (Å²) in [5.41, 5.74) is 6.53. The smallest absolute Gasteiger partial charge is 0.145 e. The third kappa shape index (κ3) is 1.54. The Morgan fingerprint density at radius 1 is 1.12 bits per heavy atom. The number of benzene rings is 1. The van der Waals surface area contributed by atoms with Gasteiger partial charge in [-0.25, -0.2) is 0 Å². The zero-order chi connectivity index (χ0) is 11.0. The Labute approximate surface area is 97.3 Å². The summed E-state index contributed by atoms with van der Waals surface area (Å²) in [6.07, 6.45) is 0. The van der Waals surface area contributed by atoms with Crippen molar-refractivity contribution in [1.82, 2.24) is 0 Å². The van der Waals surface area contributed by atoms with Gasteiger partial charge < -0.3 is 10.2 Å². The first-order valence-corrected chi connectivity index (χ1v) is 5.96. The first-order valence-electron chi connectivity index (χ1n) is 5.14. The van der Waals surface area contributed by atoms with E-state index in [1.807, 2.05) is 24.3 Å². The van der Waals surface area contributed by atoms with Crippen LogP contribution >= 0.6 is 11.3 Å². The van der Waals surface area contributed by atoms with E-state index in [2.05, 4.69) is 18.2 Å². The van der Waals surface area contributed by atoms with Gasteiger partial charge in [0, 0.05) is 16.8 Å². The highest BCUT2D eigenvalue weighted by Crippen LogP contribution is 2.32. The molecule has 3 heteroatoms. The van der Waals surface area contributed by atoms with Crippen LogP contribution < -0.4 is 5.73 Å². The van der Waals surface area contributed by atoms with E-state index in [0.717, 1.165) is 21.6 Å². The lowest BCUT2D eigenvalue weighted by molar-refractivity contribution is 0.633. The van der Waals surface area contributed by atoms with Crippen molar-refractivity contribution >= 4 is 22.3 Å². The van der Waals surface area contributed by atoms with Gasteiger partial charge in [0.2, 0.25) is 0 Å². The fraction of sp³-hybridized carbons (Fsp3) is 0.0769. The van der Waals surface area contributed by atoms with Crippen LogP contribution in [0.25, 0.3) is 21.6 Å². The maximum Gasteiger partial charge on any atom is 0.145 e. The van der Waals surface area contributed by atoms with Gasteiger partial charge in [-0.15, -0.1) is 11.3 Å². The van der Waals surface area contributed by atoms with E-state index in [0.29, 0.717) is 6.54 Å². The monoisotopic (exact) mass is 229 g/mol. The number of nitrogens with two attached hydrogens (primary N) is 1. The summed E-state index contributed by atoms with van der Waals surface area (Å²) in [5, 5.41) is 1.14. The molecule has 0 aliphatic carbocycles. The van der Waals surface area contributed by atoms with Crippen LogP contribution in [-0.2, 0) is 6.54 Å². The lowest BCUT2D eigenvalue weighted by atomic mass is 10.2. The number of furan rings is 1. The highest BCUT2D eigenvalue weighted by atomic mass is 32.1. The Bertz CT molecular complexity index is 590. The van der Waals surface area contributed by atoms with Crippen molar-refractivity contribution in [1.29, 1.82) is 0 Å². The summed E-state index contributed by atoms with van der Waals surface area (Å²) in [6.45, 7) is 0.588. The molecular weight excluding hydrogens is 218 g/mol. The van der Waals surface area contributed by atoms with E-state index in [9.17, 15) is 0 Å². The molecule has 0 bridgehead atoms. The summed E-state index contributed by atoms with van der Waals surface area (Å²) < 4.78 is 5.78. The largest absolute Gasteiger partial charge is 0.455 e. The van der Waals surface area contributed by atoms with Crippen LogP contribution in [0.2, 0.25) is 0 Å². The molecule has 1 aromatic carbocycles. The standard InChI is InChI=1S/C13H11NOS/c14-8-10-5-6-13(16-10)12-7-9-3-1-2-4-11(9)15-12/h1-7H,8,14H2. The molecule has 2 nitrogen and oxygen atoms in total. The van der Waals surface area contributed by atoms with Crippen molar-refractivity contribution < 1.29 is 4.42 Å². The van der Waals surface area contributed by atoms with Crippen LogP contribution in [0.4, 0.5) is 0 Å². The first kappa shape index (κ1) is 9.63. The van der Waals surface area contributed by atoms with Gasteiger partial charge in [0.25, 0.3) is 0 Å². The lowest BCUT2D eigenvalue weighted by Gasteiger charge is -1.88. The number of para-hydroxylation sites is 1. The van der Waals surface area contributed by atoms with Crippen molar-refractivity contribution in [2.45, 2.75) is 6.54 Å². The molecule has 3 rings (SSSR count). The van der Waals surface area contributed by atoms with Crippen LogP contribution in [0.5, 0.6) is 0 Å². The molecule has 16 heavy (non-hydrogen) atoms. The highest BCUT2D eigenvalue weighted by Gasteiger charge is 2.07. The average Bonchev–Trinajstić information content (AvgIpc) is 2.95. The van der Waals surface area contributed by atoms with Gasteiger partial charge in [-0.1, -0.05) is 18.2 Å². The molecule has 3 aromatic rings. The summed E-state index contributed by atoms with van der Waals surface area (Å²) in [7, 11) is 0. The molecule has 0 amide bonds. The van der Waals surface area contributed by atoms with Gasteiger partial charge in [0.15, 0.2) is 0 Å². The predicted octanol–water partition coefficient (Wildman–Crippen LogP) is 3.62. The molecule has 2 aromatic heterocycles. The van der Waals surface area contributed by atoms with Gasteiger partial charge in [0.05, 0.1) is 4.88 Å². The molecule has 2 heterocycles. The fourth-order valence-electron chi connectivity index (χ4n) is 1.72. The molecule has 0 spiro atoms. The van der Waals surface area contributed by atoms with Crippen molar-refractivity contribution in [2.24, 2.45) is 5.73 Å². The van der Waals surface area contributed by atoms with Crippen LogP contribution in [0.3, 0.4) is 0 Å².